The van der Waals surface area contributed by atoms with Gasteiger partial charge in [-0.1, -0.05) is 29.6 Å². The second-order valence-electron chi connectivity index (χ2n) is 7.48. The summed E-state index contributed by atoms with van der Waals surface area (Å²) in [6.07, 6.45) is 4.11. The topological polar surface area (TPSA) is 63.2 Å². The third-order valence-corrected chi connectivity index (χ3v) is 6.93. The fraction of sp³-hybridized carbons (Fsp3) is 0.182. The Morgan fingerprint density at radius 1 is 1.16 bits per heavy atom. The van der Waals surface area contributed by atoms with E-state index < -0.39 is 11.2 Å². The van der Waals surface area contributed by atoms with Gasteiger partial charge in [-0.25, -0.2) is 9.37 Å². The summed E-state index contributed by atoms with van der Waals surface area (Å²) in [5.74, 6) is 0.553. The molecule has 9 heteroatoms. The number of ether oxygens (including phenoxy) is 1. The molecule has 1 spiro atoms. The van der Waals surface area contributed by atoms with Gasteiger partial charge in [0.05, 0.1) is 16.0 Å². The van der Waals surface area contributed by atoms with E-state index in [2.05, 4.69) is 15.0 Å². The number of fused-ring (bicyclic) bond motifs is 2. The Balaban J connectivity index is 1.51. The van der Waals surface area contributed by atoms with Crippen LogP contribution < -0.4 is 14.8 Å². The maximum Gasteiger partial charge on any atom is 0.235 e. The van der Waals surface area contributed by atoms with Gasteiger partial charge in [0.25, 0.3) is 0 Å². The molecule has 1 aliphatic carbocycles. The third kappa shape index (κ3) is 3.71. The van der Waals surface area contributed by atoms with Crippen molar-refractivity contribution >= 4 is 52.4 Å². The first-order valence-corrected chi connectivity index (χ1v) is 11.2. The molecule has 1 fully saturated rings. The van der Waals surface area contributed by atoms with Crippen molar-refractivity contribution in [3.05, 3.63) is 70.2 Å². The maximum atomic E-state index is 14.2. The molecule has 31 heavy (non-hydrogen) atoms. The monoisotopic (exact) mass is 475 g/mol. The summed E-state index contributed by atoms with van der Waals surface area (Å²) in [6, 6.07) is 11.5. The van der Waals surface area contributed by atoms with Crippen LogP contribution in [0.5, 0.6) is 11.5 Å². The highest BCUT2D eigenvalue weighted by molar-refractivity contribution is 8.00. The Kier molecular flexibility index (Phi) is 5.20. The van der Waals surface area contributed by atoms with E-state index in [-0.39, 0.29) is 5.91 Å². The quantitative estimate of drug-likeness (QED) is 0.313. The number of pyridine rings is 1. The Morgan fingerprint density at radius 2 is 2.00 bits per heavy atom. The van der Waals surface area contributed by atoms with Gasteiger partial charge in [0.2, 0.25) is 5.91 Å². The van der Waals surface area contributed by atoms with Crippen molar-refractivity contribution in [1.29, 1.82) is 0 Å². The summed E-state index contributed by atoms with van der Waals surface area (Å²) in [5, 5.41) is 3.63. The number of benzene rings is 2. The maximum absolute atomic E-state index is 14.2. The zero-order chi connectivity index (χ0) is 21.6. The Labute approximate surface area is 192 Å². The van der Waals surface area contributed by atoms with E-state index in [0.29, 0.717) is 37.9 Å². The summed E-state index contributed by atoms with van der Waals surface area (Å²) in [4.78, 5) is 17.1. The van der Waals surface area contributed by atoms with Crippen molar-refractivity contribution in [1.82, 2.24) is 4.98 Å². The lowest BCUT2D eigenvalue weighted by Crippen LogP contribution is -2.40. The van der Waals surface area contributed by atoms with Crippen LogP contribution in [0.2, 0.25) is 10.2 Å². The number of carbonyl (C=O) groups excluding carboxylic acids is 1. The van der Waals surface area contributed by atoms with Crippen LogP contribution in [0.1, 0.15) is 24.8 Å². The van der Waals surface area contributed by atoms with E-state index in [1.165, 1.54) is 6.07 Å². The normalized spacial score (nSPS) is 15.9. The highest BCUT2D eigenvalue weighted by Crippen LogP contribution is 2.55. The molecular weight excluding hydrogens is 460 g/mol. The number of halogens is 3. The number of carbonyl (C=O) groups is 1. The predicted molar refractivity (Wildman–Crippen MR) is 121 cm³/mol. The summed E-state index contributed by atoms with van der Waals surface area (Å²) in [5.41, 5.74) is 1.71. The van der Waals surface area contributed by atoms with Gasteiger partial charge < -0.3 is 14.8 Å². The van der Waals surface area contributed by atoms with Gasteiger partial charge in [0, 0.05) is 29.0 Å². The molecule has 1 saturated carbocycles. The first-order valence-electron chi connectivity index (χ1n) is 9.62. The zero-order valence-corrected chi connectivity index (χ0v) is 18.4. The fourth-order valence-electron chi connectivity index (χ4n) is 3.89. The molecule has 1 aliphatic heterocycles. The highest BCUT2D eigenvalue weighted by atomic mass is 35.5. The van der Waals surface area contributed by atoms with Crippen molar-refractivity contribution in [2.24, 2.45) is 0 Å². The number of anilines is 2. The molecule has 3 aromatic rings. The summed E-state index contributed by atoms with van der Waals surface area (Å²) >= 11 is 12.9. The standard InChI is InChI=1S/C22H16Cl2FN3O2S/c23-12-2-3-18(16(25)8-12)31-28-13-9-15-20(27-21(29)22(15)5-1-6-22)17(10-13)30-14-4-7-26-19(24)11-14/h2-4,7-11,28H,1,5-6H2,(H,27,29). The van der Waals surface area contributed by atoms with Crippen molar-refractivity contribution in [3.63, 3.8) is 0 Å². The van der Waals surface area contributed by atoms with Gasteiger partial charge in [0.1, 0.15) is 16.7 Å². The fourth-order valence-corrected chi connectivity index (χ4v) is 4.85. The summed E-state index contributed by atoms with van der Waals surface area (Å²) < 4.78 is 23.4. The molecule has 158 valence electrons. The minimum Gasteiger partial charge on any atom is -0.455 e. The van der Waals surface area contributed by atoms with Crippen molar-refractivity contribution < 1.29 is 13.9 Å². The third-order valence-electron chi connectivity index (χ3n) is 5.60. The van der Waals surface area contributed by atoms with Gasteiger partial charge in [-0.05, 0) is 60.7 Å². The van der Waals surface area contributed by atoms with Crippen LogP contribution in [0, 0.1) is 5.82 Å². The second-order valence-corrected chi connectivity index (χ2v) is 9.15. The number of rotatable bonds is 5. The lowest BCUT2D eigenvalue weighted by atomic mass is 9.65. The lowest BCUT2D eigenvalue weighted by Gasteiger charge is -2.36. The second kappa shape index (κ2) is 7.89. The van der Waals surface area contributed by atoms with E-state index in [4.69, 9.17) is 27.9 Å². The van der Waals surface area contributed by atoms with Gasteiger partial charge in [-0.15, -0.1) is 0 Å². The predicted octanol–water partition coefficient (Wildman–Crippen LogP) is 6.81. The Bertz CT molecular complexity index is 1200. The number of nitrogens with one attached hydrogen (secondary N) is 2. The number of hydrogen-bond donors (Lipinski definition) is 2. The average molecular weight is 476 g/mol. The first-order chi connectivity index (χ1) is 14.9. The van der Waals surface area contributed by atoms with Crippen molar-refractivity contribution in [2.75, 3.05) is 10.0 Å². The van der Waals surface area contributed by atoms with E-state index >= 15 is 0 Å². The van der Waals surface area contributed by atoms with Crippen LogP contribution in [-0.4, -0.2) is 10.9 Å². The number of nitrogens with zero attached hydrogens (tertiary/aromatic N) is 1. The van der Waals surface area contributed by atoms with Crippen LogP contribution in [0.3, 0.4) is 0 Å². The van der Waals surface area contributed by atoms with E-state index in [1.54, 1.807) is 36.5 Å². The van der Waals surface area contributed by atoms with E-state index in [0.717, 1.165) is 36.8 Å². The molecule has 0 unspecified atom stereocenters. The average Bonchev–Trinajstić information content (AvgIpc) is 3.00. The van der Waals surface area contributed by atoms with Crippen molar-refractivity contribution in [3.8, 4) is 11.5 Å². The smallest absolute Gasteiger partial charge is 0.235 e. The molecule has 2 aliphatic rings. The molecule has 1 amide bonds. The van der Waals surface area contributed by atoms with Crippen molar-refractivity contribution in [2.45, 2.75) is 29.6 Å². The molecule has 2 heterocycles. The van der Waals surface area contributed by atoms with Crippen LogP contribution in [0.4, 0.5) is 15.8 Å². The number of amides is 1. The van der Waals surface area contributed by atoms with Gasteiger partial charge >= 0.3 is 0 Å². The first kappa shape index (κ1) is 20.4. The Morgan fingerprint density at radius 3 is 2.71 bits per heavy atom. The van der Waals surface area contributed by atoms with Crippen LogP contribution in [0.15, 0.2) is 53.6 Å². The molecule has 0 saturated heterocycles. The minimum absolute atomic E-state index is 0.0140. The largest absolute Gasteiger partial charge is 0.455 e. The summed E-state index contributed by atoms with van der Waals surface area (Å²) in [7, 11) is 0. The van der Waals surface area contributed by atoms with Crippen LogP contribution in [-0.2, 0) is 10.2 Å². The molecule has 2 N–H and O–H groups in total. The molecule has 0 bridgehead atoms. The number of hydrogen-bond acceptors (Lipinski definition) is 5. The SMILES string of the molecule is O=C1Nc2c(Oc3ccnc(Cl)c3)cc(NSc3ccc(Cl)cc3F)cc2C12CCC2. The van der Waals surface area contributed by atoms with Gasteiger partial charge in [0.15, 0.2) is 5.75 Å². The van der Waals surface area contributed by atoms with Gasteiger partial charge in [-0.2, -0.15) is 0 Å². The molecule has 0 radical (unpaired) electrons. The molecular formula is C22H16Cl2FN3O2S. The Hall–Kier alpha value is -2.48. The number of aromatic nitrogens is 1. The van der Waals surface area contributed by atoms with E-state index in [9.17, 15) is 9.18 Å². The minimum atomic E-state index is -0.531. The lowest BCUT2D eigenvalue weighted by molar-refractivity contribution is -0.123. The van der Waals surface area contributed by atoms with Gasteiger partial charge in [-0.3, -0.25) is 4.79 Å². The molecule has 5 nitrogen and oxygen atoms in total. The van der Waals surface area contributed by atoms with E-state index in [1.807, 2.05) is 6.07 Å². The molecule has 2 aromatic carbocycles. The molecule has 1 aromatic heterocycles. The van der Waals surface area contributed by atoms with Crippen LogP contribution in [0.25, 0.3) is 0 Å². The highest BCUT2D eigenvalue weighted by Gasteiger charge is 2.52. The van der Waals surface area contributed by atoms with Crippen LogP contribution >= 0.6 is 35.1 Å². The summed E-state index contributed by atoms with van der Waals surface area (Å²) in [6.45, 7) is 0. The molecule has 5 rings (SSSR count). The zero-order valence-electron chi connectivity index (χ0n) is 16.0. The molecule has 0 atom stereocenters.